The lowest BCUT2D eigenvalue weighted by molar-refractivity contribution is 0.196. The average Bonchev–Trinajstić information content (AvgIpc) is 3.16. The Balaban J connectivity index is 1.63. The van der Waals surface area contributed by atoms with E-state index in [2.05, 4.69) is 15.1 Å². The molecule has 0 saturated heterocycles. The van der Waals surface area contributed by atoms with Gasteiger partial charge in [0.2, 0.25) is 5.88 Å². The Morgan fingerprint density at radius 3 is 2.86 bits per heavy atom. The van der Waals surface area contributed by atoms with Crippen LogP contribution in [-0.4, -0.2) is 33.4 Å². The fourth-order valence-corrected chi connectivity index (χ4v) is 3.12. The van der Waals surface area contributed by atoms with Gasteiger partial charge in [0.05, 0.1) is 18.3 Å². The molecular formula is C21H20N4O3. The first-order valence-corrected chi connectivity index (χ1v) is 9.01. The molecule has 3 heterocycles. The van der Waals surface area contributed by atoms with Crippen molar-refractivity contribution in [1.29, 1.82) is 0 Å². The Hall–Kier alpha value is -3.29. The van der Waals surface area contributed by atoms with E-state index in [0.29, 0.717) is 12.3 Å². The predicted molar refractivity (Wildman–Crippen MR) is 105 cm³/mol. The number of ether oxygens (including phenoxy) is 1. The van der Waals surface area contributed by atoms with Gasteiger partial charge in [-0.15, -0.1) is 0 Å². The number of aromatic nitrogens is 3. The first kappa shape index (κ1) is 18.1. The van der Waals surface area contributed by atoms with Crippen LogP contribution in [-0.2, 0) is 6.42 Å². The van der Waals surface area contributed by atoms with Crippen molar-refractivity contribution >= 4 is 11.0 Å². The minimum atomic E-state index is -0.382. The molecule has 0 spiro atoms. The van der Waals surface area contributed by atoms with Gasteiger partial charge in [-0.25, -0.2) is 4.98 Å². The standard InChI is InChI=1S/C21H20N4O3/c22-17(13-14-5-3-9-19(24-14)27-12-11-26)21-16(7-4-10-23-21)20-15-6-1-2-8-18(15)28-25-20/h1-10,17,26H,11-13,22H2/t17-/m0/s1. The quantitative estimate of drug-likeness (QED) is 0.510. The maximum Gasteiger partial charge on any atom is 0.213 e. The van der Waals surface area contributed by atoms with E-state index in [9.17, 15) is 0 Å². The normalized spacial score (nSPS) is 12.2. The summed E-state index contributed by atoms with van der Waals surface area (Å²) in [6, 6.07) is 16.6. The summed E-state index contributed by atoms with van der Waals surface area (Å²) in [4.78, 5) is 8.95. The van der Waals surface area contributed by atoms with E-state index in [1.165, 1.54) is 0 Å². The number of fused-ring (bicyclic) bond motifs is 1. The molecule has 1 aromatic carbocycles. The van der Waals surface area contributed by atoms with Crippen molar-refractivity contribution in [2.75, 3.05) is 13.2 Å². The van der Waals surface area contributed by atoms with Crippen LogP contribution in [0.25, 0.3) is 22.2 Å². The topological polar surface area (TPSA) is 107 Å². The molecule has 0 bridgehead atoms. The fraction of sp³-hybridized carbons (Fsp3) is 0.190. The smallest absolute Gasteiger partial charge is 0.213 e. The van der Waals surface area contributed by atoms with Gasteiger partial charge in [0.25, 0.3) is 0 Å². The van der Waals surface area contributed by atoms with Crippen LogP contribution < -0.4 is 10.5 Å². The molecule has 4 rings (SSSR count). The van der Waals surface area contributed by atoms with E-state index in [1.807, 2.05) is 48.5 Å². The Labute approximate surface area is 161 Å². The third kappa shape index (κ3) is 3.71. The number of benzene rings is 1. The molecule has 7 heteroatoms. The fourth-order valence-electron chi connectivity index (χ4n) is 3.12. The van der Waals surface area contributed by atoms with Gasteiger partial charge in [-0.05, 0) is 30.3 Å². The zero-order valence-electron chi connectivity index (χ0n) is 15.2. The lowest BCUT2D eigenvalue weighted by Crippen LogP contribution is -2.17. The predicted octanol–water partition coefficient (Wildman–Crippen LogP) is 2.90. The van der Waals surface area contributed by atoms with E-state index in [0.717, 1.165) is 33.6 Å². The lowest BCUT2D eigenvalue weighted by Gasteiger charge is -2.14. The summed E-state index contributed by atoms with van der Waals surface area (Å²) in [5.41, 5.74) is 10.3. The first-order chi connectivity index (χ1) is 13.8. The van der Waals surface area contributed by atoms with E-state index in [4.69, 9.17) is 20.1 Å². The third-order valence-corrected chi connectivity index (χ3v) is 4.37. The molecule has 4 aromatic rings. The molecular weight excluding hydrogens is 356 g/mol. The number of hydrogen-bond acceptors (Lipinski definition) is 7. The van der Waals surface area contributed by atoms with Crippen molar-refractivity contribution in [2.24, 2.45) is 5.73 Å². The summed E-state index contributed by atoms with van der Waals surface area (Å²) in [6.07, 6.45) is 2.20. The highest BCUT2D eigenvalue weighted by Crippen LogP contribution is 2.32. The molecule has 0 radical (unpaired) electrons. The maximum atomic E-state index is 8.89. The monoisotopic (exact) mass is 376 g/mol. The summed E-state index contributed by atoms with van der Waals surface area (Å²) in [7, 11) is 0. The van der Waals surface area contributed by atoms with Crippen LogP contribution >= 0.6 is 0 Å². The number of hydrogen-bond donors (Lipinski definition) is 2. The third-order valence-electron chi connectivity index (χ3n) is 4.37. The van der Waals surface area contributed by atoms with E-state index >= 15 is 0 Å². The second-order valence-electron chi connectivity index (χ2n) is 6.31. The zero-order chi connectivity index (χ0) is 19.3. The number of rotatable bonds is 7. The summed E-state index contributed by atoms with van der Waals surface area (Å²) in [5.74, 6) is 0.461. The van der Waals surface area contributed by atoms with Crippen LogP contribution in [0, 0.1) is 0 Å². The molecule has 0 aliphatic heterocycles. The second kappa shape index (κ2) is 8.16. The number of nitrogens with two attached hydrogens (primary N) is 1. The molecule has 28 heavy (non-hydrogen) atoms. The molecule has 0 aliphatic rings. The Kier molecular flexibility index (Phi) is 5.27. The number of para-hydroxylation sites is 1. The number of pyridine rings is 2. The highest BCUT2D eigenvalue weighted by Gasteiger charge is 2.19. The van der Waals surface area contributed by atoms with Crippen LogP contribution in [0.5, 0.6) is 5.88 Å². The van der Waals surface area contributed by atoms with Crippen molar-refractivity contribution < 1.29 is 14.4 Å². The van der Waals surface area contributed by atoms with E-state index < -0.39 is 0 Å². The van der Waals surface area contributed by atoms with Gasteiger partial charge in [0.1, 0.15) is 12.3 Å². The van der Waals surface area contributed by atoms with Gasteiger partial charge < -0.3 is 20.1 Å². The maximum absolute atomic E-state index is 8.89. The Morgan fingerprint density at radius 1 is 1.07 bits per heavy atom. The Morgan fingerprint density at radius 2 is 1.96 bits per heavy atom. The van der Waals surface area contributed by atoms with Crippen LogP contribution in [0.15, 0.2) is 65.3 Å². The highest BCUT2D eigenvalue weighted by atomic mass is 16.5. The number of aliphatic hydroxyl groups is 1. The Bertz CT molecular complexity index is 1080. The second-order valence-corrected chi connectivity index (χ2v) is 6.31. The van der Waals surface area contributed by atoms with Crippen molar-refractivity contribution in [2.45, 2.75) is 12.5 Å². The van der Waals surface area contributed by atoms with Gasteiger partial charge in [-0.2, -0.15) is 0 Å². The van der Waals surface area contributed by atoms with Crippen LogP contribution in [0.4, 0.5) is 0 Å². The summed E-state index contributed by atoms with van der Waals surface area (Å²) in [5, 5.41) is 14.0. The molecule has 142 valence electrons. The number of nitrogens with zero attached hydrogens (tertiary/aromatic N) is 3. The SMILES string of the molecule is N[C@@H](Cc1cccc(OCCO)n1)c1ncccc1-c1noc2ccccc12. The number of aliphatic hydroxyl groups excluding tert-OH is 1. The molecule has 0 fully saturated rings. The molecule has 0 amide bonds. The summed E-state index contributed by atoms with van der Waals surface area (Å²) >= 11 is 0. The molecule has 3 N–H and O–H groups in total. The van der Waals surface area contributed by atoms with E-state index in [1.54, 1.807) is 12.3 Å². The summed E-state index contributed by atoms with van der Waals surface area (Å²) in [6.45, 7) is 0.139. The van der Waals surface area contributed by atoms with E-state index in [-0.39, 0.29) is 19.3 Å². The zero-order valence-corrected chi connectivity index (χ0v) is 15.2. The van der Waals surface area contributed by atoms with Gasteiger partial charge in [0.15, 0.2) is 5.58 Å². The van der Waals surface area contributed by atoms with Crippen molar-refractivity contribution in [1.82, 2.24) is 15.1 Å². The van der Waals surface area contributed by atoms with Crippen LogP contribution in [0.2, 0.25) is 0 Å². The van der Waals surface area contributed by atoms with Crippen molar-refractivity contribution in [3.05, 3.63) is 72.2 Å². The highest BCUT2D eigenvalue weighted by molar-refractivity contribution is 5.92. The molecule has 1 atom stereocenters. The van der Waals surface area contributed by atoms with Gasteiger partial charge >= 0.3 is 0 Å². The average molecular weight is 376 g/mol. The van der Waals surface area contributed by atoms with Crippen molar-refractivity contribution in [3.63, 3.8) is 0 Å². The minimum absolute atomic E-state index is 0.0611. The summed E-state index contributed by atoms with van der Waals surface area (Å²) < 4.78 is 10.8. The molecule has 0 unspecified atom stereocenters. The van der Waals surface area contributed by atoms with Crippen molar-refractivity contribution in [3.8, 4) is 17.1 Å². The molecule has 0 saturated carbocycles. The molecule has 0 aliphatic carbocycles. The largest absolute Gasteiger partial charge is 0.475 e. The van der Waals surface area contributed by atoms with Gasteiger partial charge in [0, 0.05) is 35.3 Å². The first-order valence-electron chi connectivity index (χ1n) is 9.01. The minimum Gasteiger partial charge on any atom is -0.475 e. The lowest BCUT2D eigenvalue weighted by atomic mass is 9.99. The van der Waals surface area contributed by atoms with Gasteiger partial charge in [-0.3, -0.25) is 4.98 Å². The molecule has 7 nitrogen and oxygen atoms in total. The van der Waals surface area contributed by atoms with Crippen LogP contribution in [0.1, 0.15) is 17.4 Å². The van der Waals surface area contributed by atoms with Gasteiger partial charge in [-0.1, -0.05) is 23.4 Å². The van der Waals surface area contributed by atoms with Crippen LogP contribution in [0.3, 0.4) is 0 Å². The molecule has 3 aromatic heterocycles.